The Hall–Kier alpha value is -1.20. The second-order valence-corrected chi connectivity index (χ2v) is 6.02. The molecular weight excluding hydrogens is 259 g/mol. The van der Waals surface area contributed by atoms with Crippen LogP contribution in [0.2, 0.25) is 0 Å². The molecule has 0 radical (unpaired) electrons. The quantitative estimate of drug-likeness (QED) is 0.852. The Kier molecular flexibility index (Phi) is 3.91. The van der Waals surface area contributed by atoms with Crippen LogP contribution in [0.1, 0.15) is 5.56 Å². The van der Waals surface area contributed by atoms with Gasteiger partial charge in [0.15, 0.2) is 11.6 Å². The molecule has 0 amide bonds. The van der Waals surface area contributed by atoms with Crippen molar-refractivity contribution in [3.05, 3.63) is 47.1 Å². The van der Waals surface area contributed by atoms with Gasteiger partial charge >= 0.3 is 0 Å². The van der Waals surface area contributed by atoms with Gasteiger partial charge in [0, 0.05) is 0 Å². The second kappa shape index (κ2) is 5.42. The van der Waals surface area contributed by atoms with Crippen LogP contribution in [0.4, 0.5) is 4.39 Å². The number of hydrogen-bond acceptors (Lipinski definition) is 3. The third kappa shape index (κ3) is 2.92. The van der Waals surface area contributed by atoms with Crippen LogP contribution in [0, 0.1) is 5.82 Å². The highest BCUT2D eigenvalue weighted by atomic mass is 32.2. The minimum atomic E-state index is -1.11. The first-order chi connectivity index (χ1) is 8.20. The fourth-order valence-electron chi connectivity index (χ4n) is 1.42. The second-order valence-electron chi connectivity index (χ2n) is 3.39. The maximum atomic E-state index is 13.4. The molecule has 0 unspecified atom stereocenters. The van der Waals surface area contributed by atoms with E-state index in [4.69, 9.17) is 4.74 Å². The Bertz CT molecular complexity index is 523. The van der Waals surface area contributed by atoms with Gasteiger partial charge in [-0.1, -0.05) is 12.1 Å². The van der Waals surface area contributed by atoms with E-state index < -0.39 is 16.6 Å². The molecule has 0 bridgehead atoms. The number of ether oxygens (including phenoxy) is 1. The van der Waals surface area contributed by atoms with Gasteiger partial charge in [0.1, 0.15) is 0 Å². The molecule has 90 valence electrons. The van der Waals surface area contributed by atoms with E-state index in [0.717, 1.165) is 4.21 Å². The maximum Gasteiger partial charge on any atom is 0.165 e. The summed E-state index contributed by atoms with van der Waals surface area (Å²) in [6, 6.07) is 8.32. The lowest BCUT2D eigenvalue weighted by molar-refractivity contribution is 0.386. The normalized spacial score (nSPS) is 12.4. The highest BCUT2D eigenvalue weighted by molar-refractivity contribution is 7.86. The van der Waals surface area contributed by atoms with Crippen LogP contribution in [0.3, 0.4) is 0 Å². The highest BCUT2D eigenvalue weighted by Gasteiger charge is 2.09. The van der Waals surface area contributed by atoms with Crippen molar-refractivity contribution >= 4 is 22.1 Å². The van der Waals surface area contributed by atoms with Gasteiger partial charge in [-0.3, -0.25) is 4.21 Å². The lowest BCUT2D eigenvalue weighted by Crippen LogP contribution is -1.96. The Morgan fingerprint density at radius 1 is 1.41 bits per heavy atom. The number of hydrogen-bond donors (Lipinski definition) is 0. The molecule has 0 N–H and O–H groups in total. The molecule has 2 aromatic rings. The van der Waals surface area contributed by atoms with Crippen LogP contribution in [0.15, 0.2) is 39.9 Å². The van der Waals surface area contributed by atoms with Gasteiger partial charge in [-0.05, 0) is 29.1 Å². The van der Waals surface area contributed by atoms with Gasteiger partial charge in [0.25, 0.3) is 0 Å². The summed E-state index contributed by atoms with van der Waals surface area (Å²) in [6.07, 6.45) is 0. The molecule has 5 heteroatoms. The predicted molar refractivity (Wildman–Crippen MR) is 67.4 cm³/mol. The first-order valence-electron chi connectivity index (χ1n) is 4.95. The van der Waals surface area contributed by atoms with Gasteiger partial charge in [-0.2, -0.15) is 0 Å². The van der Waals surface area contributed by atoms with Crippen molar-refractivity contribution in [2.45, 2.75) is 9.96 Å². The third-order valence-corrected chi connectivity index (χ3v) is 4.92. The van der Waals surface area contributed by atoms with Crippen LogP contribution < -0.4 is 4.74 Å². The molecule has 0 aliphatic carbocycles. The summed E-state index contributed by atoms with van der Waals surface area (Å²) in [5.74, 6) is 0.102. The molecule has 1 heterocycles. The Labute approximate surface area is 106 Å². The van der Waals surface area contributed by atoms with Crippen LogP contribution in [0.25, 0.3) is 0 Å². The molecule has 0 saturated carbocycles. The molecule has 2 nitrogen and oxygen atoms in total. The van der Waals surface area contributed by atoms with Gasteiger partial charge in [0.2, 0.25) is 0 Å². The fraction of sp³-hybridized carbons (Fsp3) is 0.167. The van der Waals surface area contributed by atoms with E-state index in [2.05, 4.69) is 0 Å². The molecule has 0 aliphatic rings. The number of thiophene rings is 1. The van der Waals surface area contributed by atoms with Crippen molar-refractivity contribution in [3.63, 3.8) is 0 Å². The van der Waals surface area contributed by atoms with Gasteiger partial charge in [0.05, 0.1) is 27.9 Å². The standard InChI is InChI=1S/C12H11FO2S2/c1-15-11-5-4-9(7-10(11)13)8-17(14)12-3-2-6-16-12/h2-7H,8H2,1H3/t17-/m1/s1. The number of halogens is 1. The van der Waals surface area contributed by atoms with E-state index in [0.29, 0.717) is 11.3 Å². The van der Waals surface area contributed by atoms with Crippen molar-refractivity contribution in [3.8, 4) is 5.75 Å². The first-order valence-corrected chi connectivity index (χ1v) is 7.15. The minimum absolute atomic E-state index is 0.204. The van der Waals surface area contributed by atoms with Crippen molar-refractivity contribution in [1.82, 2.24) is 0 Å². The number of rotatable bonds is 4. The molecule has 2 rings (SSSR count). The zero-order valence-corrected chi connectivity index (χ0v) is 10.8. The van der Waals surface area contributed by atoms with Gasteiger partial charge < -0.3 is 4.74 Å². The number of methoxy groups -OCH3 is 1. The minimum Gasteiger partial charge on any atom is -0.494 e. The molecule has 0 spiro atoms. The van der Waals surface area contributed by atoms with Crippen LogP contribution in [0.5, 0.6) is 5.75 Å². The SMILES string of the molecule is COc1ccc(C[S@@](=O)c2cccs2)cc1F. The number of benzene rings is 1. The molecule has 0 fully saturated rings. The van der Waals surface area contributed by atoms with E-state index in [1.54, 1.807) is 12.1 Å². The van der Waals surface area contributed by atoms with Crippen LogP contribution in [-0.2, 0) is 16.6 Å². The monoisotopic (exact) mass is 270 g/mol. The van der Waals surface area contributed by atoms with E-state index in [1.807, 2.05) is 17.5 Å². The third-order valence-electron chi connectivity index (χ3n) is 2.23. The largest absolute Gasteiger partial charge is 0.494 e. The summed E-state index contributed by atoms with van der Waals surface area (Å²) in [7, 11) is 0.309. The Morgan fingerprint density at radius 2 is 2.24 bits per heavy atom. The molecule has 0 aliphatic heterocycles. The van der Waals surface area contributed by atoms with E-state index in [1.165, 1.54) is 24.5 Å². The zero-order valence-electron chi connectivity index (χ0n) is 9.18. The summed E-state index contributed by atoms with van der Waals surface area (Å²) < 4.78 is 31.0. The Morgan fingerprint density at radius 3 is 2.82 bits per heavy atom. The topological polar surface area (TPSA) is 26.3 Å². The smallest absolute Gasteiger partial charge is 0.165 e. The van der Waals surface area contributed by atoms with Gasteiger partial charge in [-0.15, -0.1) is 11.3 Å². The van der Waals surface area contributed by atoms with Crippen molar-refractivity contribution in [2.24, 2.45) is 0 Å². The molecule has 1 atom stereocenters. The summed E-state index contributed by atoms with van der Waals surface area (Å²) in [5.41, 5.74) is 0.704. The molecule has 1 aromatic carbocycles. The van der Waals surface area contributed by atoms with Gasteiger partial charge in [-0.25, -0.2) is 4.39 Å². The summed E-state index contributed by atoms with van der Waals surface area (Å²) in [6.45, 7) is 0. The van der Waals surface area contributed by atoms with Crippen molar-refractivity contribution in [2.75, 3.05) is 7.11 Å². The first kappa shape index (κ1) is 12.3. The predicted octanol–water partition coefficient (Wildman–Crippen LogP) is 3.20. The lowest BCUT2D eigenvalue weighted by Gasteiger charge is -2.04. The average Bonchev–Trinajstić information content (AvgIpc) is 2.82. The van der Waals surface area contributed by atoms with E-state index in [-0.39, 0.29) is 5.75 Å². The van der Waals surface area contributed by atoms with Crippen molar-refractivity contribution < 1.29 is 13.3 Å². The molecule has 1 aromatic heterocycles. The maximum absolute atomic E-state index is 13.4. The Balaban J connectivity index is 2.14. The van der Waals surface area contributed by atoms with E-state index >= 15 is 0 Å². The van der Waals surface area contributed by atoms with Crippen LogP contribution >= 0.6 is 11.3 Å². The average molecular weight is 270 g/mol. The van der Waals surface area contributed by atoms with E-state index in [9.17, 15) is 8.60 Å². The van der Waals surface area contributed by atoms with Crippen LogP contribution in [-0.4, -0.2) is 11.3 Å². The fourth-order valence-corrected chi connectivity index (χ4v) is 3.49. The summed E-state index contributed by atoms with van der Waals surface area (Å²) >= 11 is 1.44. The van der Waals surface area contributed by atoms with Crippen molar-refractivity contribution in [1.29, 1.82) is 0 Å². The highest BCUT2D eigenvalue weighted by Crippen LogP contribution is 2.21. The summed E-state index contributed by atoms with van der Waals surface area (Å²) in [4.78, 5) is 0. The summed E-state index contributed by atoms with van der Waals surface area (Å²) in [5, 5.41) is 1.88. The lowest BCUT2D eigenvalue weighted by atomic mass is 10.2. The zero-order chi connectivity index (χ0) is 12.3. The molecule has 0 saturated heterocycles. The molecular formula is C12H11FO2S2. The molecule has 17 heavy (non-hydrogen) atoms.